The molecule has 0 atom stereocenters. The predicted molar refractivity (Wildman–Crippen MR) is 129 cm³/mol. The molecule has 0 radical (unpaired) electrons. The molecule has 0 unspecified atom stereocenters. The largest absolute Gasteiger partial charge is 0.473 e. The predicted octanol–water partition coefficient (Wildman–Crippen LogP) is 3.67. The molecule has 11 heteroatoms. The van der Waals surface area contributed by atoms with Gasteiger partial charge in [0.1, 0.15) is 34.6 Å². The lowest BCUT2D eigenvalue weighted by Crippen LogP contribution is -2.35. The van der Waals surface area contributed by atoms with Crippen LogP contribution >= 0.6 is 0 Å². The molecule has 3 aromatic heterocycles. The third-order valence-electron chi connectivity index (χ3n) is 5.46. The fraction of sp³-hybridized carbons (Fsp3) is 0.458. The van der Waals surface area contributed by atoms with E-state index >= 15 is 0 Å². The Labute approximate surface area is 202 Å². The molecular weight excluding hydrogens is 450 g/mol. The van der Waals surface area contributed by atoms with Crippen LogP contribution in [0.2, 0.25) is 0 Å². The number of pyridine rings is 1. The topological polar surface area (TPSA) is 123 Å². The van der Waals surface area contributed by atoms with Crippen LogP contribution in [0.4, 0.5) is 22.1 Å². The summed E-state index contributed by atoms with van der Waals surface area (Å²) in [7, 11) is 1.59. The first-order valence-electron chi connectivity index (χ1n) is 11.7. The van der Waals surface area contributed by atoms with Crippen molar-refractivity contribution in [3.8, 4) is 5.88 Å². The molecule has 2 N–H and O–H groups in total. The van der Waals surface area contributed by atoms with Crippen LogP contribution in [-0.4, -0.2) is 56.4 Å². The van der Waals surface area contributed by atoms with Crippen molar-refractivity contribution >= 4 is 35.0 Å². The number of fused-ring (bicyclic) bond motifs is 1. The maximum absolute atomic E-state index is 12.9. The number of hydrogen-bond acceptors (Lipinski definition) is 8. The summed E-state index contributed by atoms with van der Waals surface area (Å²) in [5, 5.41) is 10.6. The van der Waals surface area contributed by atoms with Gasteiger partial charge in [-0.25, -0.2) is 14.8 Å². The molecule has 0 spiro atoms. The zero-order valence-corrected chi connectivity index (χ0v) is 20.2. The van der Waals surface area contributed by atoms with Crippen LogP contribution in [0, 0.1) is 0 Å². The molecule has 2 amide bonds. The molecule has 0 aliphatic heterocycles. The highest BCUT2D eigenvalue weighted by atomic mass is 16.6. The third-order valence-corrected chi connectivity index (χ3v) is 5.46. The minimum absolute atomic E-state index is 0.169. The van der Waals surface area contributed by atoms with E-state index in [1.54, 1.807) is 46.1 Å². The highest BCUT2D eigenvalue weighted by Crippen LogP contribution is 2.32. The monoisotopic (exact) mass is 479 g/mol. The van der Waals surface area contributed by atoms with Crippen molar-refractivity contribution in [3.63, 3.8) is 0 Å². The Bertz CT molecular complexity index is 1270. The Morgan fingerprint density at radius 1 is 1.20 bits per heavy atom. The molecule has 3 heterocycles. The summed E-state index contributed by atoms with van der Waals surface area (Å²) in [5.41, 5.74) is 0.584. The van der Waals surface area contributed by atoms with Crippen molar-refractivity contribution in [2.45, 2.75) is 64.2 Å². The number of hydrogen-bond donors (Lipinski definition) is 2. The highest BCUT2D eigenvalue weighted by molar-refractivity contribution is 6.00. The molecule has 2 fully saturated rings. The zero-order chi connectivity index (χ0) is 24.7. The lowest BCUT2D eigenvalue weighted by Gasteiger charge is -2.25. The van der Waals surface area contributed by atoms with E-state index in [2.05, 4.69) is 25.7 Å². The third kappa shape index (κ3) is 5.28. The van der Waals surface area contributed by atoms with E-state index in [0.29, 0.717) is 34.4 Å². The molecule has 2 saturated carbocycles. The van der Waals surface area contributed by atoms with Crippen molar-refractivity contribution in [1.82, 2.24) is 24.9 Å². The highest BCUT2D eigenvalue weighted by Gasteiger charge is 2.29. The molecule has 2 aliphatic carbocycles. The molecule has 3 aromatic rings. The molecule has 5 rings (SSSR count). The molecule has 184 valence electrons. The second kappa shape index (κ2) is 8.71. The van der Waals surface area contributed by atoms with Gasteiger partial charge < -0.3 is 20.1 Å². The number of amides is 2. The molecular formula is C24H29N7O4. The fourth-order valence-electron chi connectivity index (χ4n) is 3.39. The summed E-state index contributed by atoms with van der Waals surface area (Å²) in [4.78, 5) is 36.1. The first-order chi connectivity index (χ1) is 16.7. The maximum Gasteiger partial charge on any atom is 0.415 e. The molecule has 0 aromatic carbocycles. The number of nitrogens with zero attached hydrogens (tertiary/aromatic N) is 5. The zero-order valence-electron chi connectivity index (χ0n) is 20.2. The average Bonchev–Trinajstić information content (AvgIpc) is 3.73. The van der Waals surface area contributed by atoms with Gasteiger partial charge >= 0.3 is 6.09 Å². The number of anilines is 3. The van der Waals surface area contributed by atoms with E-state index in [1.165, 1.54) is 15.6 Å². The van der Waals surface area contributed by atoms with Crippen LogP contribution in [0.3, 0.4) is 0 Å². The van der Waals surface area contributed by atoms with Crippen molar-refractivity contribution < 1.29 is 19.1 Å². The summed E-state index contributed by atoms with van der Waals surface area (Å²) < 4.78 is 12.9. The number of aromatic nitrogens is 4. The summed E-state index contributed by atoms with van der Waals surface area (Å²) in [5.74, 6) is 0.999. The molecule has 35 heavy (non-hydrogen) atoms. The lowest BCUT2D eigenvalue weighted by molar-refractivity contribution is 0.0587. The average molecular weight is 480 g/mol. The second-order valence-corrected chi connectivity index (χ2v) is 9.88. The summed E-state index contributed by atoms with van der Waals surface area (Å²) in [6, 6.07) is 5.48. The Kier molecular flexibility index (Phi) is 5.70. The van der Waals surface area contributed by atoms with Crippen molar-refractivity contribution in [3.05, 3.63) is 36.2 Å². The van der Waals surface area contributed by atoms with E-state index in [-0.39, 0.29) is 18.1 Å². The number of carbonyl (C=O) groups excluding carboxylic acids is 2. The number of carbonyl (C=O) groups is 2. The SMILES string of the molecule is CN(C(=O)OC(C)(C)C)c1cc(Nc2cccnc2OC2CC2)nc2c(C(=O)NC3CC3)cnn12. The van der Waals surface area contributed by atoms with Gasteiger partial charge in [-0.15, -0.1) is 0 Å². The first kappa shape index (κ1) is 22.9. The Balaban J connectivity index is 1.54. The smallest absolute Gasteiger partial charge is 0.415 e. The van der Waals surface area contributed by atoms with Crippen LogP contribution in [0.15, 0.2) is 30.6 Å². The van der Waals surface area contributed by atoms with Crippen LogP contribution in [0.5, 0.6) is 5.88 Å². The molecule has 0 bridgehead atoms. The van der Waals surface area contributed by atoms with Gasteiger partial charge in [-0.3, -0.25) is 9.69 Å². The Morgan fingerprint density at radius 2 is 1.97 bits per heavy atom. The lowest BCUT2D eigenvalue weighted by atomic mass is 10.2. The van der Waals surface area contributed by atoms with Crippen LogP contribution in [0.25, 0.3) is 5.65 Å². The van der Waals surface area contributed by atoms with Gasteiger partial charge in [-0.1, -0.05) is 0 Å². The summed E-state index contributed by atoms with van der Waals surface area (Å²) >= 11 is 0. The minimum Gasteiger partial charge on any atom is -0.473 e. The van der Waals surface area contributed by atoms with E-state index < -0.39 is 11.7 Å². The van der Waals surface area contributed by atoms with Gasteiger partial charge in [0.15, 0.2) is 5.65 Å². The fourth-order valence-corrected chi connectivity index (χ4v) is 3.39. The van der Waals surface area contributed by atoms with Crippen molar-refractivity contribution in [1.29, 1.82) is 0 Å². The van der Waals surface area contributed by atoms with Crippen molar-refractivity contribution in [2.24, 2.45) is 0 Å². The molecule has 2 aliphatic rings. The maximum atomic E-state index is 12.9. The van der Waals surface area contributed by atoms with Gasteiger partial charge in [-0.05, 0) is 58.6 Å². The number of ether oxygens (including phenoxy) is 2. The molecule has 0 saturated heterocycles. The first-order valence-corrected chi connectivity index (χ1v) is 11.7. The normalized spacial score (nSPS) is 15.5. The van der Waals surface area contributed by atoms with Crippen LogP contribution < -0.4 is 20.3 Å². The molecule has 11 nitrogen and oxygen atoms in total. The standard InChI is InChI=1S/C24H29N7O4/c1-24(2,3)35-23(33)30(4)19-12-18(28-17-6-5-11-25-22(17)34-15-9-10-15)29-20-16(13-26-31(19)20)21(32)27-14-7-8-14/h5-6,11-15H,7-10H2,1-4H3,(H,27,32)(H,28,29). The van der Waals surface area contributed by atoms with Crippen molar-refractivity contribution in [2.75, 3.05) is 17.3 Å². The Morgan fingerprint density at radius 3 is 2.66 bits per heavy atom. The van der Waals surface area contributed by atoms with Crippen LogP contribution in [-0.2, 0) is 4.74 Å². The van der Waals surface area contributed by atoms with Gasteiger partial charge in [0.2, 0.25) is 5.88 Å². The second-order valence-electron chi connectivity index (χ2n) is 9.88. The Hall–Kier alpha value is -3.89. The van der Waals surface area contributed by atoms with Gasteiger partial charge in [0.05, 0.1) is 6.20 Å². The van der Waals surface area contributed by atoms with E-state index in [0.717, 1.165) is 25.7 Å². The summed E-state index contributed by atoms with van der Waals surface area (Å²) in [6.07, 6.45) is 6.66. The number of rotatable bonds is 7. The van der Waals surface area contributed by atoms with E-state index in [1.807, 2.05) is 6.07 Å². The van der Waals surface area contributed by atoms with Gasteiger partial charge in [0, 0.05) is 25.4 Å². The minimum atomic E-state index is -0.678. The van der Waals surface area contributed by atoms with Crippen LogP contribution in [0.1, 0.15) is 56.8 Å². The number of nitrogens with one attached hydrogen (secondary N) is 2. The quantitative estimate of drug-likeness (QED) is 0.526. The van der Waals surface area contributed by atoms with E-state index in [9.17, 15) is 9.59 Å². The van der Waals surface area contributed by atoms with Gasteiger partial charge in [0.25, 0.3) is 5.91 Å². The van der Waals surface area contributed by atoms with E-state index in [4.69, 9.17) is 9.47 Å². The summed E-state index contributed by atoms with van der Waals surface area (Å²) in [6.45, 7) is 5.39. The van der Waals surface area contributed by atoms with Gasteiger partial charge in [-0.2, -0.15) is 9.61 Å².